The molecule has 2 fully saturated rings. The van der Waals surface area contributed by atoms with Gasteiger partial charge in [0.05, 0.1) is 23.4 Å². The van der Waals surface area contributed by atoms with E-state index in [1.165, 1.54) is 12.4 Å². The molecule has 1 saturated carbocycles. The lowest BCUT2D eigenvalue weighted by Gasteiger charge is -2.62. The molecule has 1 aromatic carbocycles. The van der Waals surface area contributed by atoms with Crippen molar-refractivity contribution >= 4 is 12.0 Å². The average Bonchev–Trinajstić information content (AvgIpc) is 3.11. The molecule has 166 valence electrons. The van der Waals surface area contributed by atoms with Crippen molar-refractivity contribution in [1.82, 2.24) is 4.90 Å². The molecule has 32 heavy (non-hydrogen) atoms. The number of Topliss-reactive ketones (excluding diaryl/α,β-unsaturated/α-hetero) is 1. The Morgan fingerprint density at radius 2 is 2.16 bits per heavy atom. The average molecular weight is 436 g/mol. The number of allylic oxidation sites excluding steroid dienone is 1. The zero-order valence-corrected chi connectivity index (χ0v) is 17.5. The third kappa shape index (κ3) is 2.79. The van der Waals surface area contributed by atoms with E-state index in [9.17, 15) is 15.0 Å². The van der Waals surface area contributed by atoms with Gasteiger partial charge in [-0.05, 0) is 52.6 Å². The van der Waals surface area contributed by atoms with Crippen molar-refractivity contribution in [3.8, 4) is 11.5 Å². The highest BCUT2D eigenvalue weighted by Crippen LogP contribution is 2.64. The molecule has 1 saturated heterocycles. The van der Waals surface area contributed by atoms with E-state index in [1.807, 2.05) is 12.1 Å². The Morgan fingerprint density at radius 3 is 3.00 bits per heavy atom. The predicted molar refractivity (Wildman–Crippen MR) is 115 cm³/mol. The molecule has 0 aromatic heterocycles. The number of aromatic hydroxyl groups is 1. The maximum atomic E-state index is 12.6. The van der Waals surface area contributed by atoms with Crippen LogP contribution in [0.3, 0.4) is 0 Å². The summed E-state index contributed by atoms with van der Waals surface area (Å²) in [5.41, 5.74) is 0.256. The van der Waals surface area contributed by atoms with Crippen LogP contribution in [0, 0.1) is 0 Å². The SMILES string of the molecule is C1=CN=N/N=N\N=C1.C=CCN1CC[C@]23c4c5ccc(O)c4O[C@H]2C(=O)CC[C@@]3(O)[C@H]1C5. The lowest BCUT2D eigenvalue weighted by Crippen LogP contribution is -2.76. The summed E-state index contributed by atoms with van der Waals surface area (Å²) in [6.45, 7) is 5.36. The predicted octanol–water partition coefficient (Wildman–Crippen LogP) is 2.62. The highest BCUT2D eigenvalue weighted by molar-refractivity contribution is 5.90. The Morgan fingerprint density at radius 1 is 1.28 bits per heavy atom. The summed E-state index contributed by atoms with van der Waals surface area (Å²) in [5.74, 6) is 0.528. The first-order valence-electron chi connectivity index (χ1n) is 10.6. The Balaban J connectivity index is 0.000000230. The second kappa shape index (κ2) is 7.72. The number of carbonyl (C=O) groups excluding carboxylic acids is 1. The van der Waals surface area contributed by atoms with Crippen LogP contribution in [0.25, 0.3) is 0 Å². The summed E-state index contributed by atoms with van der Waals surface area (Å²) in [6.07, 6.45) is 7.91. The number of aliphatic hydroxyl groups is 1. The standard InChI is InChI=1S/C19H21NO4.C3H3N5/c1-2-8-20-9-7-18-15-11-3-4-12(21)16(15)24-17(18)13(22)5-6-19(18,23)14(20)10-11;1-2-4-6-8-7-5-3-1/h2-4,14,17,21,23H,1,5-10H2;1-3H/b;2-1?,3-1?,4-2?,5-3?,6-4?,7-5?,8-6-,8-7?/t14-,17+,18+,19-;/m1./s1. The Hall–Kier alpha value is -3.24. The number of piperidine rings is 1. The van der Waals surface area contributed by atoms with Crippen LogP contribution >= 0.6 is 0 Å². The molecule has 1 spiro atoms. The first-order chi connectivity index (χ1) is 15.5. The van der Waals surface area contributed by atoms with Crippen LogP contribution < -0.4 is 4.74 Å². The van der Waals surface area contributed by atoms with Crippen LogP contribution in [0.4, 0.5) is 0 Å². The van der Waals surface area contributed by atoms with Gasteiger partial charge in [0.1, 0.15) is 0 Å². The van der Waals surface area contributed by atoms with Crippen LogP contribution in [-0.4, -0.2) is 57.9 Å². The zero-order chi connectivity index (χ0) is 22.3. The minimum absolute atomic E-state index is 0.0408. The molecular weight excluding hydrogens is 412 g/mol. The smallest absolute Gasteiger partial charge is 0.174 e. The number of hydrogen-bond acceptors (Lipinski definition) is 10. The summed E-state index contributed by atoms with van der Waals surface area (Å²) < 4.78 is 5.98. The minimum atomic E-state index is -1.00. The summed E-state index contributed by atoms with van der Waals surface area (Å²) in [5, 5.41) is 38.5. The molecule has 3 aliphatic heterocycles. The second-order valence-corrected chi connectivity index (χ2v) is 8.55. The summed E-state index contributed by atoms with van der Waals surface area (Å²) in [6, 6.07) is 3.52. The maximum absolute atomic E-state index is 12.6. The summed E-state index contributed by atoms with van der Waals surface area (Å²) in [7, 11) is 0. The molecule has 0 radical (unpaired) electrons. The van der Waals surface area contributed by atoms with Gasteiger partial charge in [-0.15, -0.1) is 16.8 Å². The van der Waals surface area contributed by atoms with Gasteiger partial charge in [0.2, 0.25) is 0 Å². The highest BCUT2D eigenvalue weighted by Gasteiger charge is 2.73. The number of benzene rings is 1. The van der Waals surface area contributed by atoms with Crippen molar-refractivity contribution in [3.63, 3.8) is 0 Å². The molecule has 10 heteroatoms. The van der Waals surface area contributed by atoms with E-state index in [1.54, 1.807) is 12.1 Å². The van der Waals surface area contributed by atoms with Crippen LogP contribution in [0.1, 0.15) is 30.4 Å². The van der Waals surface area contributed by atoms with E-state index in [-0.39, 0.29) is 17.6 Å². The fourth-order valence-corrected chi connectivity index (χ4v) is 6.04. The quantitative estimate of drug-likeness (QED) is 0.688. The largest absolute Gasteiger partial charge is 0.504 e. The lowest BCUT2D eigenvalue weighted by molar-refractivity contribution is -0.187. The Bertz CT molecular complexity index is 1030. The zero-order valence-electron chi connectivity index (χ0n) is 17.5. The van der Waals surface area contributed by atoms with Crippen molar-refractivity contribution in [3.05, 3.63) is 48.2 Å². The number of carbonyl (C=O) groups is 1. The number of phenols is 1. The van der Waals surface area contributed by atoms with Gasteiger partial charge in [0.15, 0.2) is 23.4 Å². The van der Waals surface area contributed by atoms with Crippen molar-refractivity contribution in [2.45, 2.75) is 48.8 Å². The molecule has 0 unspecified atom stereocenters. The molecule has 6 rings (SSSR count). The first kappa shape index (κ1) is 20.7. The normalized spacial score (nSPS) is 34.5. The van der Waals surface area contributed by atoms with E-state index in [2.05, 4.69) is 37.4 Å². The summed E-state index contributed by atoms with van der Waals surface area (Å²) in [4.78, 5) is 14.9. The van der Waals surface area contributed by atoms with Gasteiger partial charge in [-0.3, -0.25) is 9.69 Å². The van der Waals surface area contributed by atoms with Gasteiger partial charge in [-0.25, -0.2) is 0 Å². The molecule has 10 nitrogen and oxygen atoms in total. The van der Waals surface area contributed by atoms with Gasteiger partial charge in [0.25, 0.3) is 0 Å². The number of ether oxygens (including phenoxy) is 1. The number of hydrogen-bond donors (Lipinski definition) is 2. The van der Waals surface area contributed by atoms with Crippen LogP contribution in [0.5, 0.6) is 11.5 Å². The van der Waals surface area contributed by atoms with Gasteiger partial charge in [-0.1, -0.05) is 12.1 Å². The van der Waals surface area contributed by atoms with Gasteiger partial charge in [-0.2, -0.15) is 0 Å². The monoisotopic (exact) mass is 436 g/mol. The van der Waals surface area contributed by atoms with Gasteiger partial charge in [0, 0.05) is 31.1 Å². The molecule has 4 atom stereocenters. The molecular formula is C22H24N6O4. The first-order valence-corrected chi connectivity index (χ1v) is 10.6. The molecule has 2 bridgehead atoms. The molecule has 2 N–H and O–H groups in total. The van der Waals surface area contributed by atoms with E-state index in [0.29, 0.717) is 31.4 Å². The Labute approximate surface area is 184 Å². The number of ketones is 1. The number of rotatable bonds is 2. The second-order valence-electron chi connectivity index (χ2n) is 8.55. The third-order valence-electron chi connectivity index (χ3n) is 7.22. The lowest BCUT2D eigenvalue weighted by atomic mass is 9.49. The van der Waals surface area contributed by atoms with Crippen LogP contribution in [0.2, 0.25) is 0 Å². The van der Waals surface area contributed by atoms with E-state index in [0.717, 1.165) is 24.2 Å². The van der Waals surface area contributed by atoms with Crippen LogP contribution in [-0.2, 0) is 16.6 Å². The van der Waals surface area contributed by atoms with Crippen LogP contribution in [0.15, 0.2) is 62.9 Å². The molecule has 0 amide bonds. The van der Waals surface area contributed by atoms with E-state index >= 15 is 0 Å². The molecule has 2 aliphatic carbocycles. The Kier molecular flexibility index (Phi) is 4.98. The highest BCUT2D eigenvalue weighted by atomic mass is 16.5. The van der Waals surface area contributed by atoms with E-state index < -0.39 is 17.1 Å². The van der Waals surface area contributed by atoms with Crippen molar-refractivity contribution in [2.24, 2.45) is 25.9 Å². The van der Waals surface area contributed by atoms with Crippen molar-refractivity contribution < 1.29 is 19.7 Å². The minimum Gasteiger partial charge on any atom is -0.504 e. The molecule has 3 heterocycles. The van der Waals surface area contributed by atoms with E-state index in [4.69, 9.17) is 4.74 Å². The third-order valence-corrected chi connectivity index (χ3v) is 7.22. The maximum Gasteiger partial charge on any atom is 0.174 e. The fourth-order valence-electron chi connectivity index (χ4n) is 6.04. The molecule has 5 aliphatic rings. The summed E-state index contributed by atoms with van der Waals surface area (Å²) >= 11 is 0. The van der Waals surface area contributed by atoms with Gasteiger partial charge >= 0.3 is 0 Å². The number of nitrogens with zero attached hydrogens (tertiary/aromatic N) is 6. The van der Waals surface area contributed by atoms with Gasteiger partial charge < -0.3 is 14.9 Å². The number of likely N-dealkylation sites (tertiary alicyclic amines) is 1. The topological polar surface area (TPSA) is 132 Å². The van der Waals surface area contributed by atoms with Crippen molar-refractivity contribution in [2.75, 3.05) is 13.1 Å². The molecule has 1 aromatic rings. The number of phenolic OH excluding ortho intramolecular Hbond substituents is 1. The fraction of sp³-hybridized carbons (Fsp3) is 0.455. The van der Waals surface area contributed by atoms with Crippen molar-refractivity contribution in [1.29, 1.82) is 0 Å².